The van der Waals surface area contributed by atoms with Crippen molar-refractivity contribution in [3.05, 3.63) is 27.7 Å². The van der Waals surface area contributed by atoms with E-state index in [2.05, 4.69) is 20.7 Å². The monoisotopic (exact) mass is 312 g/mol. The van der Waals surface area contributed by atoms with Crippen molar-refractivity contribution in [1.82, 2.24) is 0 Å². The lowest BCUT2D eigenvalue weighted by atomic mass is 10.1. The maximum Gasteiger partial charge on any atom is 0.420 e. The van der Waals surface area contributed by atoms with E-state index in [4.69, 9.17) is 4.74 Å². The molecule has 0 N–H and O–H groups in total. The van der Waals surface area contributed by atoms with Crippen LogP contribution in [0.5, 0.6) is 5.75 Å². The van der Waals surface area contributed by atoms with Gasteiger partial charge >= 0.3 is 6.18 Å². The van der Waals surface area contributed by atoms with Gasteiger partial charge in [0.1, 0.15) is 5.75 Å². The summed E-state index contributed by atoms with van der Waals surface area (Å²) in [6, 6.07) is 1.81. The molecule has 0 saturated carbocycles. The number of hydrogen-bond donors (Lipinski definition) is 0. The number of benzene rings is 1. The molecule has 0 aromatic heterocycles. The van der Waals surface area contributed by atoms with Crippen LogP contribution in [0.3, 0.4) is 0 Å². The first kappa shape index (κ1) is 14.0. The van der Waals surface area contributed by atoms with Crippen LogP contribution < -0.4 is 4.74 Å². The van der Waals surface area contributed by atoms with E-state index in [0.29, 0.717) is 6.29 Å². The fourth-order valence-electron chi connectivity index (χ4n) is 1.12. The van der Waals surface area contributed by atoms with Gasteiger partial charge in [0.2, 0.25) is 0 Å². The fraction of sp³-hybridized carbons (Fsp3) is 0.300. The minimum absolute atomic E-state index is 0.0598. The number of alkyl halides is 3. The maximum atomic E-state index is 12.7. The molecule has 1 aromatic rings. The van der Waals surface area contributed by atoms with Crippen molar-refractivity contribution < 1.29 is 27.4 Å². The summed E-state index contributed by atoms with van der Waals surface area (Å²) in [5.41, 5.74) is -0.892. The lowest BCUT2D eigenvalue weighted by Gasteiger charge is -2.14. The highest BCUT2D eigenvalue weighted by Gasteiger charge is 2.35. The molecular formula is C10H8BrF3O3. The smallest absolute Gasteiger partial charge is 0.420 e. The van der Waals surface area contributed by atoms with E-state index < -0.39 is 17.5 Å². The molecule has 0 radical (unpaired) electrons. The van der Waals surface area contributed by atoms with Crippen LogP contribution in [0.15, 0.2) is 16.6 Å². The highest BCUT2D eigenvalue weighted by atomic mass is 79.9. The Kier molecular flexibility index (Phi) is 4.53. The van der Waals surface area contributed by atoms with Crippen molar-refractivity contribution in [3.63, 3.8) is 0 Å². The molecule has 0 bridgehead atoms. The number of aldehydes is 1. The predicted octanol–water partition coefficient (Wildman–Crippen LogP) is 3.26. The van der Waals surface area contributed by atoms with E-state index >= 15 is 0 Å². The van der Waals surface area contributed by atoms with E-state index in [-0.39, 0.29) is 16.8 Å². The molecule has 94 valence electrons. The third-order valence-corrected chi connectivity index (χ3v) is 2.55. The Morgan fingerprint density at radius 2 is 2.06 bits per heavy atom. The number of hydrogen-bond acceptors (Lipinski definition) is 3. The first-order valence-corrected chi connectivity index (χ1v) is 5.17. The molecule has 1 aromatic carbocycles. The van der Waals surface area contributed by atoms with Gasteiger partial charge < -0.3 is 9.47 Å². The molecule has 1 rings (SSSR count). The summed E-state index contributed by atoms with van der Waals surface area (Å²) in [7, 11) is 1.28. The van der Waals surface area contributed by atoms with Crippen molar-refractivity contribution >= 4 is 22.2 Å². The van der Waals surface area contributed by atoms with Gasteiger partial charge in [0.05, 0.1) is 5.56 Å². The Hall–Kier alpha value is -1.08. The summed E-state index contributed by atoms with van der Waals surface area (Å²) >= 11 is 2.88. The highest BCUT2D eigenvalue weighted by molar-refractivity contribution is 9.10. The number of carbonyl (C=O) groups is 1. The first-order valence-electron chi connectivity index (χ1n) is 4.37. The Labute approximate surface area is 104 Å². The largest absolute Gasteiger partial charge is 0.467 e. The van der Waals surface area contributed by atoms with Crippen molar-refractivity contribution in [1.29, 1.82) is 0 Å². The van der Waals surface area contributed by atoms with E-state index in [1.54, 1.807) is 0 Å². The van der Waals surface area contributed by atoms with Crippen molar-refractivity contribution in [3.8, 4) is 5.75 Å². The second-order valence-corrected chi connectivity index (χ2v) is 3.89. The molecule has 0 saturated heterocycles. The first-order chi connectivity index (χ1) is 7.90. The molecule has 0 atom stereocenters. The Morgan fingerprint density at radius 3 is 2.53 bits per heavy atom. The molecule has 0 aliphatic rings. The second-order valence-electron chi connectivity index (χ2n) is 3.04. The van der Waals surface area contributed by atoms with E-state index in [1.165, 1.54) is 7.11 Å². The number of rotatable bonds is 4. The van der Waals surface area contributed by atoms with E-state index in [0.717, 1.165) is 12.1 Å². The van der Waals surface area contributed by atoms with Gasteiger partial charge in [0, 0.05) is 17.1 Å². The Balaban J connectivity index is 3.26. The van der Waals surface area contributed by atoms with Crippen LogP contribution in [0.25, 0.3) is 0 Å². The van der Waals surface area contributed by atoms with Crippen molar-refractivity contribution in [2.75, 3.05) is 13.9 Å². The van der Waals surface area contributed by atoms with Crippen LogP contribution >= 0.6 is 15.9 Å². The summed E-state index contributed by atoms with van der Waals surface area (Å²) in [5, 5.41) is 0. The summed E-state index contributed by atoms with van der Waals surface area (Å²) in [5.74, 6) is -0.440. The zero-order valence-electron chi connectivity index (χ0n) is 8.68. The van der Waals surface area contributed by atoms with Gasteiger partial charge in [-0.1, -0.05) is 15.9 Å². The molecule has 0 heterocycles. The van der Waals surface area contributed by atoms with Gasteiger partial charge in [-0.05, 0) is 12.1 Å². The third-order valence-electron chi connectivity index (χ3n) is 1.86. The average molecular weight is 313 g/mol. The maximum absolute atomic E-state index is 12.7. The van der Waals surface area contributed by atoms with Gasteiger partial charge in [-0.3, -0.25) is 4.79 Å². The molecule has 0 aliphatic carbocycles. The van der Waals surface area contributed by atoms with Crippen LogP contribution in [0.2, 0.25) is 0 Å². The van der Waals surface area contributed by atoms with Gasteiger partial charge in [-0.2, -0.15) is 13.2 Å². The average Bonchev–Trinajstić information content (AvgIpc) is 2.25. The lowest BCUT2D eigenvalue weighted by molar-refractivity contribution is -0.139. The molecule has 0 unspecified atom stereocenters. The number of methoxy groups -OCH3 is 1. The summed E-state index contributed by atoms with van der Waals surface area (Å²) in [4.78, 5) is 10.6. The number of halogens is 4. The molecule has 0 aliphatic heterocycles. The quantitative estimate of drug-likeness (QED) is 0.632. The summed E-state index contributed by atoms with van der Waals surface area (Å²) in [6.07, 6.45) is -4.13. The van der Waals surface area contributed by atoms with Crippen LogP contribution in [-0.2, 0) is 10.9 Å². The Morgan fingerprint density at radius 1 is 1.41 bits per heavy atom. The molecule has 17 heavy (non-hydrogen) atoms. The standard InChI is InChI=1S/C10H8BrF3O3/c1-16-5-17-9-2-6(4-15)8(11)3-7(9)10(12,13)14/h2-4H,5H2,1H3. The van der Waals surface area contributed by atoms with Crippen molar-refractivity contribution in [2.45, 2.75) is 6.18 Å². The normalized spacial score (nSPS) is 11.4. The van der Waals surface area contributed by atoms with Crippen LogP contribution in [-0.4, -0.2) is 20.2 Å². The van der Waals surface area contributed by atoms with E-state index in [1.807, 2.05) is 0 Å². The lowest BCUT2D eigenvalue weighted by Crippen LogP contribution is -2.11. The fourth-order valence-corrected chi connectivity index (χ4v) is 1.56. The van der Waals surface area contributed by atoms with Gasteiger partial charge in [0.25, 0.3) is 0 Å². The highest BCUT2D eigenvalue weighted by Crippen LogP contribution is 2.39. The molecule has 0 amide bonds. The van der Waals surface area contributed by atoms with Crippen LogP contribution in [0.4, 0.5) is 13.2 Å². The summed E-state index contributed by atoms with van der Waals surface area (Å²) < 4.78 is 47.4. The minimum atomic E-state index is -4.56. The van der Waals surface area contributed by atoms with E-state index in [9.17, 15) is 18.0 Å². The molecule has 0 spiro atoms. The number of carbonyl (C=O) groups excluding carboxylic acids is 1. The van der Waals surface area contributed by atoms with Crippen LogP contribution in [0, 0.1) is 0 Å². The van der Waals surface area contributed by atoms with Gasteiger partial charge in [-0.25, -0.2) is 0 Å². The third kappa shape index (κ3) is 3.44. The molecule has 3 nitrogen and oxygen atoms in total. The number of ether oxygens (including phenoxy) is 2. The second kappa shape index (κ2) is 5.50. The Bertz CT molecular complexity index is 418. The topological polar surface area (TPSA) is 35.5 Å². The SMILES string of the molecule is COCOc1cc(C=O)c(Br)cc1C(F)(F)F. The zero-order chi connectivity index (χ0) is 13.1. The minimum Gasteiger partial charge on any atom is -0.467 e. The molecule has 7 heteroatoms. The zero-order valence-corrected chi connectivity index (χ0v) is 10.3. The molecular weight excluding hydrogens is 305 g/mol. The van der Waals surface area contributed by atoms with Gasteiger partial charge in [0.15, 0.2) is 13.1 Å². The van der Waals surface area contributed by atoms with Gasteiger partial charge in [-0.15, -0.1) is 0 Å². The van der Waals surface area contributed by atoms with Crippen molar-refractivity contribution in [2.24, 2.45) is 0 Å². The molecule has 0 fully saturated rings. The predicted molar refractivity (Wildman–Crippen MR) is 57.0 cm³/mol. The van der Waals surface area contributed by atoms with Crippen LogP contribution in [0.1, 0.15) is 15.9 Å². The summed E-state index contributed by atoms with van der Waals surface area (Å²) in [6.45, 7) is -0.330.